The molecule has 0 saturated heterocycles. The number of carbonyl (C=O) groups excluding carboxylic acids is 1. The number of esters is 1. The first-order valence-electron chi connectivity index (χ1n) is 2.68. The van der Waals surface area contributed by atoms with E-state index in [1.54, 1.807) is 6.92 Å². The minimum Gasteiger partial charge on any atom is -0.468 e. The molecule has 0 saturated carbocycles. The Morgan fingerprint density at radius 2 is 2.40 bits per heavy atom. The van der Waals surface area contributed by atoms with Crippen molar-refractivity contribution in [3.63, 3.8) is 0 Å². The van der Waals surface area contributed by atoms with Gasteiger partial charge in [-0.3, -0.25) is 0 Å². The smallest absolute Gasteiger partial charge is 0.327 e. The van der Waals surface area contributed by atoms with Gasteiger partial charge in [0.15, 0.2) is 0 Å². The van der Waals surface area contributed by atoms with E-state index in [1.807, 2.05) is 0 Å². The Hall–Kier alpha value is 0.0700. The number of nitrogens with one attached hydrogen (secondary N) is 1. The topological polar surface area (TPSA) is 38.3 Å². The number of hydrogen-bond acceptors (Lipinski definition) is 4. The van der Waals surface area contributed by atoms with Gasteiger partial charge in [0, 0.05) is 5.75 Å². The molecular weight excluding hydrogens is 174 g/mol. The maximum atomic E-state index is 10.9. The van der Waals surface area contributed by atoms with Crippen LogP contribution in [0, 0.1) is 0 Å². The van der Waals surface area contributed by atoms with Crippen LogP contribution in [-0.2, 0) is 9.53 Å². The summed E-state index contributed by atoms with van der Waals surface area (Å²) < 4.78 is 4.46. The molecule has 0 aromatic carbocycles. The summed E-state index contributed by atoms with van der Waals surface area (Å²) in [5.41, 5.74) is -0.889. The second-order valence-corrected chi connectivity index (χ2v) is 2.58. The summed E-state index contributed by atoms with van der Waals surface area (Å²) in [5, 5.41) is 0. The van der Waals surface area contributed by atoms with Gasteiger partial charge < -0.3 is 4.74 Å². The Morgan fingerprint density at radius 3 is 2.50 bits per heavy atom. The zero-order valence-electron chi connectivity index (χ0n) is 5.85. The molecule has 0 bridgehead atoms. The summed E-state index contributed by atoms with van der Waals surface area (Å²) in [7, 11) is 1.30. The molecule has 10 heavy (non-hydrogen) atoms. The predicted octanol–water partition coefficient (Wildman–Crippen LogP) is 0.591. The normalized spacial score (nSPS) is 16.0. The van der Waals surface area contributed by atoms with Gasteiger partial charge in [0.25, 0.3) is 0 Å². The number of halogens is 1. The summed E-state index contributed by atoms with van der Waals surface area (Å²) in [5.74, 6) is -0.124. The van der Waals surface area contributed by atoms with Gasteiger partial charge >= 0.3 is 5.97 Å². The monoisotopic (exact) mass is 183 g/mol. The van der Waals surface area contributed by atoms with Gasteiger partial charge in [0.05, 0.1) is 7.11 Å². The first kappa shape index (κ1) is 10.1. The van der Waals surface area contributed by atoms with Gasteiger partial charge in [0.1, 0.15) is 5.54 Å². The molecule has 5 heteroatoms. The van der Waals surface area contributed by atoms with Crippen molar-refractivity contribution >= 4 is 30.4 Å². The maximum Gasteiger partial charge on any atom is 0.327 e. The number of rotatable bonds is 3. The van der Waals surface area contributed by atoms with E-state index in [1.165, 1.54) is 7.11 Å². The average molecular weight is 184 g/mol. The highest BCUT2D eigenvalue weighted by atomic mass is 35.5. The lowest BCUT2D eigenvalue weighted by molar-refractivity contribution is -0.146. The van der Waals surface area contributed by atoms with E-state index in [9.17, 15) is 4.79 Å². The molecule has 0 rings (SSSR count). The Bertz CT molecular complexity index is 127. The fraction of sp³-hybridized carbons (Fsp3) is 0.800. The van der Waals surface area contributed by atoms with Crippen LogP contribution in [0.25, 0.3) is 0 Å². The van der Waals surface area contributed by atoms with E-state index < -0.39 is 11.5 Å². The molecule has 0 aliphatic rings. The second kappa shape index (κ2) is 4.05. The minimum absolute atomic E-state index is 0.295. The first-order valence-corrected chi connectivity index (χ1v) is 3.69. The third-order valence-electron chi connectivity index (χ3n) is 1.16. The minimum atomic E-state index is -0.889. The van der Waals surface area contributed by atoms with Gasteiger partial charge in [0.2, 0.25) is 0 Å². The molecule has 0 amide bonds. The summed E-state index contributed by atoms with van der Waals surface area (Å²) in [6.45, 7) is 1.61. The first-order chi connectivity index (χ1) is 4.60. The molecule has 3 nitrogen and oxygen atoms in total. The zero-order chi connectivity index (χ0) is 8.20. The number of hydrogen-bond donors (Lipinski definition) is 2. The summed E-state index contributed by atoms with van der Waals surface area (Å²) >= 11 is 9.21. The molecule has 0 radical (unpaired) electrons. The number of thiol groups is 1. The van der Waals surface area contributed by atoms with Crippen molar-refractivity contribution in [2.24, 2.45) is 0 Å². The van der Waals surface area contributed by atoms with Gasteiger partial charge in [-0.05, 0) is 18.7 Å². The summed E-state index contributed by atoms with van der Waals surface area (Å²) in [4.78, 5) is 13.2. The number of methoxy groups -OCH3 is 1. The average Bonchev–Trinajstić information content (AvgIpc) is 2.01. The Balaban J connectivity index is 4.17. The largest absolute Gasteiger partial charge is 0.468 e. The van der Waals surface area contributed by atoms with Crippen LogP contribution in [0.1, 0.15) is 6.92 Å². The lowest BCUT2D eigenvalue weighted by Gasteiger charge is -2.21. The van der Waals surface area contributed by atoms with Crippen LogP contribution in [0.15, 0.2) is 0 Å². The SMILES string of the molecule is COC(=O)[C@](C)(CS)NCl. The van der Waals surface area contributed by atoms with Crippen molar-refractivity contribution in [3.8, 4) is 0 Å². The van der Waals surface area contributed by atoms with Crippen molar-refractivity contribution in [3.05, 3.63) is 0 Å². The molecule has 0 aliphatic heterocycles. The predicted molar refractivity (Wildman–Crippen MR) is 43.3 cm³/mol. The van der Waals surface area contributed by atoms with Crippen molar-refractivity contribution in [2.75, 3.05) is 12.9 Å². The molecule has 0 fully saturated rings. The van der Waals surface area contributed by atoms with E-state index in [0.717, 1.165) is 0 Å². The number of ether oxygens (including phenoxy) is 1. The third kappa shape index (κ3) is 2.04. The molecule has 1 atom stereocenters. The van der Waals surface area contributed by atoms with Gasteiger partial charge in [-0.25, -0.2) is 9.63 Å². The zero-order valence-corrected chi connectivity index (χ0v) is 7.50. The maximum absolute atomic E-state index is 10.9. The lowest BCUT2D eigenvalue weighted by atomic mass is 10.1. The van der Waals surface area contributed by atoms with Gasteiger partial charge in [-0.1, -0.05) is 0 Å². The van der Waals surface area contributed by atoms with Gasteiger partial charge in [-0.15, -0.1) is 0 Å². The molecule has 0 unspecified atom stereocenters. The van der Waals surface area contributed by atoms with E-state index >= 15 is 0 Å². The molecule has 0 spiro atoms. The molecular formula is C5H10ClNO2S. The van der Waals surface area contributed by atoms with Crippen LogP contribution < -0.4 is 4.84 Å². The highest BCUT2D eigenvalue weighted by Gasteiger charge is 2.31. The van der Waals surface area contributed by atoms with Crippen molar-refractivity contribution in [1.29, 1.82) is 0 Å². The van der Waals surface area contributed by atoms with E-state index in [-0.39, 0.29) is 0 Å². The van der Waals surface area contributed by atoms with Crippen LogP contribution in [0.5, 0.6) is 0 Å². The Kier molecular flexibility index (Phi) is 4.08. The summed E-state index contributed by atoms with van der Waals surface area (Å²) in [6.07, 6.45) is 0. The van der Waals surface area contributed by atoms with Gasteiger partial charge in [-0.2, -0.15) is 12.6 Å². The molecule has 0 aromatic rings. The Labute approximate surface area is 70.6 Å². The molecule has 1 N–H and O–H groups in total. The second-order valence-electron chi connectivity index (χ2n) is 2.08. The molecule has 0 heterocycles. The Morgan fingerprint density at radius 1 is 1.90 bits per heavy atom. The summed E-state index contributed by atoms with van der Waals surface area (Å²) in [6, 6.07) is 0. The lowest BCUT2D eigenvalue weighted by Crippen LogP contribution is -2.47. The van der Waals surface area contributed by atoms with Crippen molar-refractivity contribution in [2.45, 2.75) is 12.5 Å². The fourth-order valence-corrected chi connectivity index (χ4v) is 0.804. The van der Waals surface area contributed by atoms with Crippen LogP contribution in [-0.4, -0.2) is 24.4 Å². The van der Waals surface area contributed by atoms with E-state index in [0.29, 0.717) is 5.75 Å². The van der Waals surface area contributed by atoms with Crippen molar-refractivity contribution < 1.29 is 9.53 Å². The highest BCUT2D eigenvalue weighted by molar-refractivity contribution is 7.80. The van der Waals surface area contributed by atoms with Crippen LogP contribution in [0.2, 0.25) is 0 Å². The quantitative estimate of drug-likeness (QED) is 0.382. The standard InChI is InChI=1S/C5H10ClNO2S/c1-5(3-10,7-6)4(8)9-2/h7,10H,3H2,1-2H3/t5-/m0/s1. The molecule has 0 aromatic heterocycles. The van der Waals surface area contributed by atoms with E-state index in [4.69, 9.17) is 11.8 Å². The number of carbonyl (C=O) groups is 1. The molecule has 0 aliphatic carbocycles. The van der Waals surface area contributed by atoms with Crippen LogP contribution >= 0.6 is 24.4 Å². The fourth-order valence-electron chi connectivity index (χ4n) is 0.358. The highest BCUT2D eigenvalue weighted by Crippen LogP contribution is 2.08. The van der Waals surface area contributed by atoms with Crippen molar-refractivity contribution in [1.82, 2.24) is 4.84 Å². The van der Waals surface area contributed by atoms with E-state index in [2.05, 4.69) is 22.2 Å². The molecule has 60 valence electrons. The van der Waals surface area contributed by atoms with Crippen LogP contribution in [0.4, 0.5) is 0 Å². The van der Waals surface area contributed by atoms with Crippen LogP contribution in [0.3, 0.4) is 0 Å². The third-order valence-corrected chi connectivity index (χ3v) is 2.21.